The molecule has 0 saturated carbocycles. The number of anilines is 1. The maximum Gasteiger partial charge on any atom is 0.416 e. The van der Waals surface area contributed by atoms with E-state index in [1.54, 1.807) is 12.1 Å². The average molecular weight is 602 g/mol. The van der Waals surface area contributed by atoms with Gasteiger partial charge < -0.3 is 10.2 Å². The zero-order chi connectivity index (χ0) is 29.0. The molecular formula is C26H24Cl2F3N3O4S. The molecule has 3 aromatic rings. The van der Waals surface area contributed by atoms with Crippen LogP contribution in [0.25, 0.3) is 0 Å². The first-order valence-electron chi connectivity index (χ1n) is 11.5. The van der Waals surface area contributed by atoms with Gasteiger partial charge in [0.15, 0.2) is 0 Å². The van der Waals surface area contributed by atoms with E-state index < -0.39 is 46.2 Å². The van der Waals surface area contributed by atoms with Crippen LogP contribution in [0.2, 0.25) is 10.0 Å². The first kappa shape index (κ1) is 30.3. The zero-order valence-corrected chi connectivity index (χ0v) is 23.1. The summed E-state index contributed by atoms with van der Waals surface area (Å²) < 4.78 is 68.2. The second-order valence-electron chi connectivity index (χ2n) is 8.43. The Bertz CT molecular complexity index is 1450. The molecule has 0 heterocycles. The topological polar surface area (TPSA) is 86.8 Å². The lowest BCUT2D eigenvalue weighted by molar-refractivity contribution is -0.139. The molecule has 7 nitrogen and oxygen atoms in total. The third-order valence-corrected chi connectivity index (χ3v) is 8.35. The van der Waals surface area contributed by atoms with Gasteiger partial charge in [-0.05, 0) is 55.0 Å². The van der Waals surface area contributed by atoms with Crippen LogP contribution in [0.15, 0.2) is 77.7 Å². The van der Waals surface area contributed by atoms with E-state index in [0.29, 0.717) is 15.9 Å². The number of carbonyl (C=O) groups is 2. The molecule has 3 rings (SSSR count). The van der Waals surface area contributed by atoms with Crippen molar-refractivity contribution in [2.45, 2.75) is 30.6 Å². The molecule has 1 N–H and O–H groups in total. The van der Waals surface area contributed by atoms with E-state index >= 15 is 0 Å². The van der Waals surface area contributed by atoms with Gasteiger partial charge in [-0.15, -0.1) is 0 Å². The molecule has 0 unspecified atom stereocenters. The van der Waals surface area contributed by atoms with Gasteiger partial charge in [0.05, 0.1) is 26.2 Å². The Labute approximate surface area is 234 Å². The van der Waals surface area contributed by atoms with Crippen LogP contribution in [-0.2, 0) is 32.3 Å². The first-order chi connectivity index (χ1) is 18.3. The Kier molecular flexibility index (Phi) is 9.52. The number of nitrogens with one attached hydrogen (secondary N) is 1. The maximum atomic E-state index is 13.7. The summed E-state index contributed by atoms with van der Waals surface area (Å²) in [5, 5.41) is 2.90. The summed E-state index contributed by atoms with van der Waals surface area (Å²) in [6.45, 7) is 0.391. The van der Waals surface area contributed by atoms with Crippen molar-refractivity contribution in [1.82, 2.24) is 10.2 Å². The van der Waals surface area contributed by atoms with Gasteiger partial charge in [0, 0.05) is 13.6 Å². The number of sulfonamides is 1. The number of amides is 2. The number of carbonyl (C=O) groups excluding carboxylic acids is 2. The summed E-state index contributed by atoms with van der Waals surface area (Å²) in [7, 11) is -3.13. The van der Waals surface area contributed by atoms with Gasteiger partial charge in [-0.25, -0.2) is 8.42 Å². The molecule has 0 saturated heterocycles. The van der Waals surface area contributed by atoms with E-state index in [1.807, 2.05) is 0 Å². The Hall–Kier alpha value is -3.28. The minimum absolute atomic E-state index is 0.161. The molecule has 13 heteroatoms. The second kappa shape index (κ2) is 12.3. The number of hydrogen-bond donors (Lipinski definition) is 1. The highest BCUT2D eigenvalue weighted by Crippen LogP contribution is 2.33. The van der Waals surface area contributed by atoms with E-state index in [1.165, 1.54) is 50.4 Å². The minimum atomic E-state index is -4.75. The van der Waals surface area contributed by atoms with Crippen molar-refractivity contribution in [2.75, 3.05) is 17.9 Å². The van der Waals surface area contributed by atoms with Crippen molar-refractivity contribution < 1.29 is 31.2 Å². The van der Waals surface area contributed by atoms with E-state index in [-0.39, 0.29) is 27.2 Å². The lowest BCUT2D eigenvalue weighted by atomic mass is 10.1. The third kappa shape index (κ3) is 7.23. The van der Waals surface area contributed by atoms with Crippen LogP contribution >= 0.6 is 23.2 Å². The number of likely N-dealkylation sites (N-methyl/N-ethyl adjacent to an activating group) is 1. The maximum absolute atomic E-state index is 13.7. The predicted molar refractivity (Wildman–Crippen MR) is 143 cm³/mol. The molecule has 0 aliphatic rings. The molecule has 0 aliphatic carbocycles. The van der Waals surface area contributed by atoms with Crippen molar-refractivity contribution in [3.63, 3.8) is 0 Å². The van der Waals surface area contributed by atoms with Crippen molar-refractivity contribution in [3.05, 3.63) is 94.0 Å². The van der Waals surface area contributed by atoms with Crippen LogP contribution in [0.4, 0.5) is 18.9 Å². The van der Waals surface area contributed by atoms with Gasteiger partial charge in [-0.1, -0.05) is 53.5 Å². The molecule has 2 amide bonds. The number of nitrogens with zero attached hydrogens (tertiary/aromatic N) is 2. The fourth-order valence-corrected chi connectivity index (χ4v) is 5.46. The Morgan fingerprint density at radius 1 is 0.949 bits per heavy atom. The number of halogens is 5. The molecule has 0 aliphatic heterocycles. The highest BCUT2D eigenvalue weighted by Gasteiger charge is 2.35. The summed E-state index contributed by atoms with van der Waals surface area (Å²) in [6, 6.07) is 14.2. The summed E-state index contributed by atoms with van der Waals surface area (Å²) in [5.74, 6) is -1.38. The van der Waals surface area contributed by atoms with Gasteiger partial charge in [0.25, 0.3) is 10.0 Å². The van der Waals surface area contributed by atoms with Gasteiger partial charge in [0.1, 0.15) is 12.6 Å². The number of benzene rings is 3. The van der Waals surface area contributed by atoms with E-state index in [2.05, 4.69) is 5.32 Å². The van der Waals surface area contributed by atoms with Crippen molar-refractivity contribution >= 4 is 50.7 Å². The van der Waals surface area contributed by atoms with Crippen LogP contribution in [0, 0.1) is 0 Å². The molecule has 0 fully saturated rings. The molecular weight excluding hydrogens is 578 g/mol. The molecule has 39 heavy (non-hydrogen) atoms. The molecule has 3 aromatic carbocycles. The summed E-state index contributed by atoms with van der Waals surface area (Å²) in [5.41, 5.74) is -0.971. The van der Waals surface area contributed by atoms with Crippen LogP contribution in [-0.4, -0.2) is 44.8 Å². The Balaban J connectivity index is 2.09. The molecule has 208 valence electrons. The van der Waals surface area contributed by atoms with E-state index in [4.69, 9.17) is 23.2 Å². The number of alkyl halides is 3. The van der Waals surface area contributed by atoms with Gasteiger partial charge >= 0.3 is 6.18 Å². The normalized spacial score (nSPS) is 12.5. The van der Waals surface area contributed by atoms with Crippen molar-refractivity contribution in [2.24, 2.45) is 0 Å². The smallest absolute Gasteiger partial charge is 0.357 e. The van der Waals surface area contributed by atoms with E-state index in [0.717, 1.165) is 23.1 Å². The highest BCUT2D eigenvalue weighted by molar-refractivity contribution is 7.92. The number of rotatable bonds is 9. The summed E-state index contributed by atoms with van der Waals surface area (Å²) in [6.07, 6.45) is -4.75. The molecule has 0 aromatic heterocycles. The highest BCUT2D eigenvalue weighted by atomic mass is 35.5. The standard InChI is InChI=1S/C26H24Cl2F3N3O4S/c1-17(25(36)32-2)33(15-18-11-12-22(27)23(28)13-18)24(35)16-34(39(37,38)21-9-4-3-5-10-21)20-8-6-7-19(14-20)26(29,30)31/h3-14,17H,15-16H2,1-2H3,(H,32,36)/t17-/m0/s1. The second-order valence-corrected chi connectivity index (χ2v) is 11.1. The quantitative estimate of drug-likeness (QED) is 0.357. The average Bonchev–Trinajstić information content (AvgIpc) is 2.91. The van der Waals surface area contributed by atoms with Crippen LogP contribution in [0.5, 0.6) is 0 Å². The minimum Gasteiger partial charge on any atom is -0.357 e. The van der Waals surface area contributed by atoms with Gasteiger partial charge in [-0.2, -0.15) is 13.2 Å². The Morgan fingerprint density at radius 3 is 2.21 bits per heavy atom. The SMILES string of the molecule is CNC(=O)[C@H](C)N(Cc1ccc(Cl)c(Cl)c1)C(=O)CN(c1cccc(C(F)(F)F)c1)S(=O)(=O)c1ccccc1. The van der Waals surface area contributed by atoms with Crippen molar-refractivity contribution in [1.29, 1.82) is 0 Å². The van der Waals surface area contributed by atoms with Gasteiger partial charge in [-0.3, -0.25) is 13.9 Å². The third-order valence-electron chi connectivity index (χ3n) is 5.82. The van der Waals surface area contributed by atoms with Gasteiger partial charge in [0.2, 0.25) is 11.8 Å². The van der Waals surface area contributed by atoms with Crippen LogP contribution in [0.1, 0.15) is 18.1 Å². The molecule has 0 radical (unpaired) electrons. The molecule has 1 atom stereocenters. The van der Waals surface area contributed by atoms with E-state index in [9.17, 15) is 31.2 Å². The lowest BCUT2D eigenvalue weighted by Gasteiger charge is -2.32. The fraction of sp³-hybridized carbons (Fsp3) is 0.231. The number of hydrogen-bond acceptors (Lipinski definition) is 4. The zero-order valence-electron chi connectivity index (χ0n) is 20.7. The van der Waals surface area contributed by atoms with Crippen molar-refractivity contribution in [3.8, 4) is 0 Å². The molecule has 0 spiro atoms. The largest absolute Gasteiger partial charge is 0.416 e. The fourth-order valence-electron chi connectivity index (χ4n) is 3.71. The predicted octanol–water partition coefficient (Wildman–Crippen LogP) is 5.37. The summed E-state index contributed by atoms with van der Waals surface area (Å²) in [4.78, 5) is 27.0. The van der Waals surface area contributed by atoms with Crippen LogP contribution < -0.4 is 9.62 Å². The first-order valence-corrected chi connectivity index (χ1v) is 13.7. The van der Waals surface area contributed by atoms with Crippen LogP contribution in [0.3, 0.4) is 0 Å². The monoisotopic (exact) mass is 601 g/mol. The summed E-state index contributed by atoms with van der Waals surface area (Å²) >= 11 is 12.1. The Morgan fingerprint density at radius 2 is 1.62 bits per heavy atom. The molecule has 0 bridgehead atoms. The lowest BCUT2D eigenvalue weighted by Crippen LogP contribution is -2.50.